The van der Waals surface area contributed by atoms with Crippen molar-refractivity contribution >= 4 is 10.9 Å². The molecular formula is C47H32N2. The number of para-hydroxylation sites is 1. The zero-order chi connectivity index (χ0) is 32.7. The highest BCUT2D eigenvalue weighted by atomic mass is 14.9. The van der Waals surface area contributed by atoms with Gasteiger partial charge in [0.1, 0.15) is 0 Å². The van der Waals surface area contributed by atoms with Gasteiger partial charge in [-0.25, -0.2) is 9.97 Å². The highest BCUT2D eigenvalue weighted by Gasteiger charge is 2.52. The smallest absolute Gasteiger partial charge is 0.161 e. The highest BCUT2D eigenvalue weighted by molar-refractivity contribution is 6.01. The van der Waals surface area contributed by atoms with Gasteiger partial charge < -0.3 is 0 Å². The monoisotopic (exact) mass is 624 g/mol. The lowest BCUT2D eigenvalue weighted by atomic mass is 9.70. The second kappa shape index (κ2) is 10.4. The Morgan fingerprint density at radius 1 is 0.408 bits per heavy atom. The average molecular weight is 625 g/mol. The molecule has 2 nitrogen and oxygen atoms in total. The van der Waals surface area contributed by atoms with Gasteiger partial charge in [0.15, 0.2) is 5.82 Å². The number of aromatic nitrogens is 2. The molecule has 49 heavy (non-hydrogen) atoms. The van der Waals surface area contributed by atoms with Crippen LogP contribution in [0.3, 0.4) is 0 Å². The van der Waals surface area contributed by atoms with Gasteiger partial charge >= 0.3 is 0 Å². The predicted molar refractivity (Wildman–Crippen MR) is 202 cm³/mol. The molecule has 0 N–H and O–H groups in total. The molecule has 0 fully saturated rings. The molecule has 0 saturated carbocycles. The van der Waals surface area contributed by atoms with Crippen LogP contribution in [0, 0.1) is 13.8 Å². The first-order chi connectivity index (χ1) is 24.1. The number of aryl methyl sites for hydroxylation is 2. The molecule has 2 heteroatoms. The Morgan fingerprint density at radius 3 is 1.67 bits per heavy atom. The molecule has 7 aromatic carbocycles. The van der Waals surface area contributed by atoms with E-state index in [0.717, 1.165) is 33.5 Å². The van der Waals surface area contributed by atoms with Crippen LogP contribution in [-0.4, -0.2) is 9.97 Å². The lowest BCUT2D eigenvalue weighted by Gasteiger charge is -2.30. The second-order valence-corrected chi connectivity index (χ2v) is 13.4. The summed E-state index contributed by atoms with van der Waals surface area (Å²) in [6.07, 6.45) is 0. The number of nitrogens with zero attached hydrogens (tertiary/aromatic N) is 2. The van der Waals surface area contributed by atoms with Crippen molar-refractivity contribution in [1.82, 2.24) is 9.97 Å². The van der Waals surface area contributed by atoms with Crippen LogP contribution in [0.1, 0.15) is 33.4 Å². The number of benzene rings is 7. The lowest BCUT2D eigenvalue weighted by Crippen LogP contribution is -2.25. The Bertz CT molecular complexity index is 2600. The molecule has 0 aliphatic heterocycles. The van der Waals surface area contributed by atoms with Gasteiger partial charge in [0, 0.05) is 16.5 Å². The first-order valence-electron chi connectivity index (χ1n) is 17.0. The topological polar surface area (TPSA) is 25.8 Å². The summed E-state index contributed by atoms with van der Waals surface area (Å²) in [6.45, 7) is 4.38. The summed E-state index contributed by atoms with van der Waals surface area (Å²) >= 11 is 0. The van der Waals surface area contributed by atoms with Crippen molar-refractivity contribution < 1.29 is 0 Å². The van der Waals surface area contributed by atoms with Crippen LogP contribution >= 0.6 is 0 Å². The number of rotatable bonds is 3. The van der Waals surface area contributed by atoms with Crippen molar-refractivity contribution in [3.8, 4) is 56.0 Å². The normalized spacial score (nSPS) is 13.3. The minimum absolute atomic E-state index is 0.405. The molecule has 0 saturated heterocycles. The zero-order valence-corrected chi connectivity index (χ0v) is 27.4. The standard InChI is InChI=1S/C47H32N2/c1-29-14-3-4-15-32(29)33-27-26-31(28-30(33)2)45-37-19-8-12-25-43(37)48-46(49-45)38-20-13-24-42-44(38)36-18-7-11-23-41(36)47(42)39-21-9-5-16-34(39)35-17-6-10-22-40(35)47/h3-28H,1-2H3. The minimum atomic E-state index is -0.405. The van der Waals surface area contributed by atoms with E-state index in [1.54, 1.807) is 0 Å². The third-order valence-corrected chi connectivity index (χ3v) is 10.8. The third-order valence-electron chi connectivity index (χ3n) is 10.8. The zero-order valence-electron chi connectivity index (χ0n) is 27.4. The van der Waals surface area contributed by atoms with Gasteiger partial charge in [0.05, 0.1) is 16.6 Å². The average Bonchev–Trinajstić information content (AvgIpc) is 3.62. The Hall–Kier alpha value is -6.12. The second-order valence-electron chi connectivity index (χ2n) is 13.4. The molecular weight excluding hydrogens is 593 g/mol. The molecule has 0 amide bonds. The maximum atomic E-state index is 5.45. The van der Waals surface area contributed by atoms with Gasteiger partial charge in [-0.05, 0) is 92.7 Å². The Labute approximate surface area is 286 Å². The van der Waals surface area contributed by atoms with E-state index in [4.69, 9.17) is 9.97 Å². The van der Waals surface area contributed by atoms with Crippen LogP contribution in [0.2, 0.25) is 0 Å². The molecule has 10 rings (SSSR count). The number of hydrogen-bond acceptors (Lipinski definition) is 2. The molecule has 0 radical (unpaired) electrons. The first-order valence-corrected chi connectivity index (χ1v) is 17.0. The van der Waals surface area contributed by atoms with Crippen LogP contribution in [0.4, 0.5) is 0 Å². The first kappa shape index (κ1) is 27.9. The van der Waals surface area contributed by atoms with Gasteiger partial charge in [-0.1, -0.05) is 146 Å². The van der Waals surface area contributed by atoms with E-state index in [9.17, 15) is 0 Å². The number of fused-ring (bicyclic) bond motifs is 11. The van der Waals surface area contributed by atoms with Crippen molar-refractivity contribution in [1.29, 1.82) is 0 Å². The van der Waals surface area contributed by atoms with Crippen molar-refractivity contribution in [2.45, 2.75) is 19.3 Å². The summed E-state index contributed by atoms with van der Waals surface area (Å²) in [6, 6.07) is 57.3. The summed E-state index contributed by atoms with van der Waals surface area (Å²) in [4.78, 5) is 10.7. The summed E-state index contributed by atoms with van der Waals surface area (Å²) < 4.78 is 0. The lowest BCUT2D eigenvalue weighted by molar-refractivity contribution is 0.794. The maximum absolute atomic E-state index is 5.45. The van der Waals surface area contributed by atoms with Gasteiger partial charge in [-0.15, -0.1) is 0 Å². The Kier molecular flexibility index (Phi) is 5.95. The highest BCUT2D eigenvalue weighted by Crippen LogP contribution is 2.63. The fraction of sp³-hybridized carbons (Fsp3) is 0.0638. The summed E-state index contributed by atoms with van der Waals surface area (Å²) in [5, 5.41) is 1.05. The third kappa shape index (κ3) is 3.83. The van der Waals surface area contributed by atoms with Crippen LogP contribution in [0.15, 0.2) is 158 Å². The van der Waals surface area contributed by atoms with Crippen molar-refractivity contribution in [2.75, 3.05) is 0 Å². The van der Waals surface area contributed by atoms with Crippen molar-refractivity contribution in [2.24, 2.45) is 0 Å². The minimum Gasteiger partial charge on any atom is -0.228 e. The molecule has 8 aromatic rings. The fourth-order valence-corrected chi connectivity index (χ4v) is 8.74. The summed E-state index contributed by atoms with van der Waals surface area (Å²) in [5.41, 5.74) is 19.0. The van der Waals surface area contributed by atoms with Gasteiger partial charge in [-0.2, -0.15) is 0 Å². The summed E-state index contributed by atoms with van der Waals surface area (Å²) in [7, 11) is 0. The molecule has 2 aliphatic rings. The van der Waals surface area contributed by atoms with Crippen molar-refractivity contribution in [3.63, 3.8) is 0 Å². The van der Waals surface area contributed by atoms with E-state index >= 15 is 0 Å². The molecule has 0 bridgehead atoms. The molecule has 0 atom stereocenters. The molecule has 1 aromatic heterocycles. The van der Waals surface area contributed by atoms with Crippen LogP contribution in [-0.2, 0) is 5.41 Å². The molecule has 0 unspecified atom stereocenters. The van der Waals surface area contributed by atoms with Gasteiger partial charge in [0.2, 0.25) is 0 Å². The van der Waals surface area contributed by atoms with Gasteiger partial charge in [0.25, 0.3) is 0 Å². The number of hydrogen-bond donors (Lipinski definition) is 0. The molecule has 1 spiro atoms. The Morgan fingerprint density at radius 2 is 0.959 bits per heavy atom. The largest absolute Gasteiger partial charge is 0.228 e. The van der Waals surface area contributed by atoms with Crippen LogP contribution in [0.25, 0.3) is 66.9 Å². The van der Waals surface area contributed by atoms with E-state index in [2.05, 4.69) is 172 Å². The van der Waals surface area contributed by atoms with Crippen molar-refractivity contribution in [3.05, 3.63) is 191 Å². The molecule has 1 heterocycles. The van der Waals surface area contributed by atoms with Crippen LogP contribution in [0.5, 0.6) is 0 Å². The molecule has 230 valence electrons. The SMILES string of the molecule is Cc1ccccc1-c1ccc(-c2nc(-c3cccc4c3-c3ccccc3C43c4ccccc4-c4ccccc43)nc3ccccc23)cc1C. The van der Waals surface area contributed by atoms with E-state index in [0.29, 0.717) is 0 Å². The van der Waals surface area contributed by atoms with E-state index < -0.39 is 5.41 Å². The van der Waals surface area contributed by atoms with E-state index in [1.165, 1.54) is 66.8 Å². The quantitative estimate of drug-likeness (QED) is 0.195. The molecule has 2 aliphatic carbocycles. The fourth-order valence-electron chi connectivity index (χ4n) is 8.74. The van der Waals surface area contributed by atoms with E-state index in [1.807, 2.05) is 0 Å². The summed E-state index contributed by atoms with van der Waals surface area (Å²) in [5.74, 6) is 0.748. The van der Waals surface area contributed by atoms with E-state index in [-0.39, 0.29) is 0 Å². The van der Waals surface area contributed by atoms with Gasteiger partial charge in [-0.3, -0.25) is 0 Å². The Balaban J connectivity index is 1.23. The predicted octanol–water partition coefficient (Wildman–Crippen LogP) is 11.6. The maximum Gasteiger partial charge on any atom is 0.161 e. The van der Waals surface area contributed by atoms with Crippen LogP contribution < -0.4 is 0 Å².